The Morgan fingerprint density at radius 1 is 1.35 bits per heavy atom. The van der Waals surface area contributed by atoms with Crippen molar-refractivity contribution in [2.24, 2.45) is 10.9 Å². The molecule has 2 fully saturated rings. The molecule has 0 aromatic heterocycles. The third kappa shape index (κ3) is 2.58. The third-order valence-corrected chi connectivity index (χ3v) is 6.26. The standard InChI is InChI=1S/C20H26N2O4/c1-19(24)20(9-4-3-5-10-20)26-18(23)22(19)11-8-14-13-21-17-7-6-15(25-2)12-16(14)17/h6-7,12-13,16,24H,3-5,8-11H2,1-2H3/t16-,19-/m0/s1. The Labute approximate surface area is 153 Å². The van der Waals surface area contributed by atoms with Gasteiger partial charge in [0.25, 0.3) is 0 Å². The van der Waals surface area contributed by atoms with Crippen LogP contribution in [0.15, 0.2) is 40.8 Å². The first kappa shape index (κ1) is 17.3. The lowest BCUT2D eigenvalue weighted by Crippen LogP contribution is -2.57. The number of amides is 1. The summed E-state index contributed by atoms with van der Waals surface area (Å²) < 4.78 is 11.0. The minimum absolute atomic E-state index is 0.0853. The molecule has 6 nitrogen and oxygen atoms in total. The molecule has 140 valence electrons. The summed E-state index contributed by atoms with van der Waals surface area (Å²) >= 11 is 0. The lowest BCUT2D eigenvalue weighted by atomic mass is 9.77. The van der Waals surface area contributed by atoms with Crippen molar-refractivity contribution in [1.82, 2.24) is 4.90 Å². The fraction of sp³-hybridized carbons (Fsp3) is 0.600. The molecule has 0 aromatic rings. The minimum Gasteiger partial charge on any atom is -0.497 e. The monoisotopic (exact) mass is 358 g/mol. The summed E-state index contributed by atoms with van der Waals surface area (Å²) in [6.45, 7) is 2.14. The summed E-state index contributed by atoms with van der Waals surface area (Å²) in [7, 11) is 1.65. The van der Waals surface area contributed by atoms with Gasteiger partial charge in [-0.05, 0) is 62.8 Å². The van der Waals surface area contributed by atoms with Crippen molar-refractivity contribution in [3.05, 3.63) is 35.8 Å². The zero-order valence-electron chi connectivity index (χ0n) is 15.4. The normalized spacial score (nSPS) is 32.1. The molecule has 0 radical (unpaired) electrons. The number of ether oxygens (including phenoxy) is 2. The van der Waals surface area contributed by atoms with Crippen LogP contribution in [0.3, 0.4) is 0 Å². The second kappa shape index (κ2) is 6.27. The van der Waals surface area contributed by atoms with Gasteiger partial charge in [-0.1, -0.05) is 6.42 Å². The third-order valence-electron chi connectivity index (χ3n) is 6.26. The summed E-state index contributed by atoms with van der Waals surface area (Å²) in [4.78, 5) is 18.5. The van der Waals surface area contributed by atoms with E-state index in [0.29, 0.717) is 13.0 Å². The highest BCUT2D eigenvalue weighted by molar-refractivity contribution is 6.03. The molecule has 4 rings (SSSR count). The number of aliphatic imine (C=N–C) groups is 1. The van der Waals surface area contributed by atoms with Gasteiger partial charge in [0, 0.05) is 18.7 Å². The Morgan fingerprint density at radius 2 is 2.12 bits per heavy atom. The highest BCUT2D eigenvalue weighted by Gasteiger charge is 2.61. The van der Waals surface area contributed by atoms with Crippen molar-refractivity contribution >= 4 is 11.8 Å². The van der Waals surface area contributed by atoms with Crippen molar-refractivity contribution in [2.75, 3.05) is 13.7 Å². The van der Waals surface area contributed by atoms with E-state index in [-0.39, 0.29) is 5.92 Å². The number of rotatable bonds is 4. The molecule has 26 heavy (non-hydrogen) atoms. The number of aliphatic hydroxyl groups is 1. The van der Waals surface area contributed by atoms with Crippen molar-refractivity contribution < 1.29 is 19.4 Å². The molecule has 1 saturated carbocycles. The van der Waals surface area contributed by atoms with Gasteiger partial charge in [-0.3, -0.25) is 9.89 Å². The van der Waals surface area contributed by atoms with Crippen LogP contribution in [-0.2, 0) is 9.47 Å². The maximum atomic E-state index is 12.5. The Balaban J connectivity index is 1.46. The predicted molar refractivity (Wildman–Crippen MR) is 97.5 cm³/mol. The van der Waals surface area contributed by atoms with E-state index in [0.717, 1.165) is 49.1 Å². The number of fused-ring (bicyclic) bond motifs is 1. The molecule has 1 N–H and O–H groups in total. The lowest BCUT2D eigenvalue weighted by molar-refractivity contribution is -0.158. The molecule has 0 aromatic carbocycles. The minimum atomic E-state index is -1.27. The van der Waals surface area contributed by atoms with Crippen LogP contribution in [0, 0.1) is 5.92 Å². The molecule has 4 aliphatic rings. The second-order valence-electron chi connectivity index (χ2n) is 7.69. The zero-order valence-corrected chi connectivity index (χ0v) is 15.4. The van der Waals surface area contributed by atoms with Crippen LogP contribution < -0.4 is 0 Å². The fourth-order valence-corrected chi connectivity index (χ4v) is 4.58. The van der Waals surface area contributed by atoms with Crippen LogP contribution in [0.5, 0.6) is 0 Å². The van der Waals surface area contributed by atoms with E-state index >= 15 is 0 Å². The largest absolute Gasteiger partial charge is 0.497 e. The van der Waals surface area contributed by atoms with Gasteiger partial charge in [-0.25, -0.2) is 4.79 Å². The fourth-order valence-electron chi connectivity index (χ4n) is 4.58. The number of hydrogen-bond donors (Lipinski definition) is 1. The topological polar surface area (TPSA) is 71.4 Å². The Kier molecular flexibility index (Phi) is 4.18. The highest BCUT2D eigenvalue weighted by Crippen LogP contribution is 2.47. The quantitative estimate of drug-likeness (QED) is 0.837. The zero-order chi connectivity index (χ0) is 18.4. The number of allylic oxidation sites excluding steroid dienone is 3. The Bertz CT molecular complexity index is 726. The molecule has 2 aliphatic heterocycles. The maximum absolute atomic E-state index is 12.5. The van der Waals surface area contributed by atoms with Crippen LogP contribution >= 0.6 is 0 Å². The molecule has 1 amide bonds. The van der Waals surface area contributed by atoms with Gasteiger partial charge in [0.1, 0.15) is 5.76 Å². The van der Waals surface area contributed by atoms with E-state index in [9.17, 15) is 9.90 Å². The van der Waals surface area contributed by atoms with E-state index in [2.05, 4.69) is 4.99 Å². The SMILES string of the molecule is COC1=C[C@H]2C(CCN3C(=O)OC4(CCCCC4)[C@]3(C)O)=CN=C2C=C1. The first-order chi connectivity index (χ1) is 12.5. The van der Waals surface area contributed by atoms with E-state index in [1.165, 1.54) is 4.90 Å². The molecular weight excluding hydrogens is 332 g/mol. The average Bonchev–Trinajstić information content (AvgIpc) is 3.11. The Hall–Kier alpha value is -2.08. The van der Waals surface area contributed by atoms with Crippen molar-refractivity contribution in [3.63, 3.8) is 0 Å². The first-order valence-electron chi connectivity index (χ1n) is 9.40. The summed E-state index contributed by atoms with van der Waals surface area (Å²) in [5.74, 6) is 0.901. The van der Waals surface area contributed by atoms with Crippen molar-refractivity contribution in [3.8, 4) is 0 Å². The van der Waals surface area contributed by atoms with E-state index in [1.807, 2.05) is 24.4 Å². The highest BCUT2D eigenvalue weighted by atomic mass is 16.6. The molecule has 1 saturated heterocycles. The summed E-state index contributed by atoms with van der Waals surface area (Å²) in [5, 5.41) is 11.2. The summed E-state index contributed by atoms with van der Waals surface area (Å²) in [6.07, 6.45) is 12.6. The van der Waals surface area contributed by atoms with Gasteiger partial charge in [0.15, 0.2) is 11.3 Å². The Morgan fingerprint density at radius 3 is 2.85 bits per heavy atom. The molecule has 2 aliphatic carbocycles. The molecular formula is C20H26N2O4. The van der Waals surface area contributed by atoms with Gasteiger partial charge in [0.2, 0.25) is 0 Å². The number of methoxy groups -OCH3 is 1. The van der Waals surface area contributed by atoms with Crippen LogP contribution in [0.2, 0.25) is 0 Å². The first-order valence-corrected chi connectivity index (χ1v) is 9.40. The molecule has 6 heteroatoms. The van der Waals surface area contributed by atoms with E-state index < -0.39 is 17.4 Å². The van der Waals surface area contributed by atoms with Gasteiger partial charge < -0.3 is 14.6 Å². The van der Waals surface area contributed by atoms with Gasteiger partial charge in [0.05, 0.1) is 12.8 Å². The smallest absolute Gasteiger partial charge is 0.412 e. The maximum Gasteiger partial charge on any atom is 0.412 e. The number of carbonyl (C=O) groups excluding carboxylic acids is 1. The van der Waals surface area contributed by atoms with E-state index in [4.69, 9.17) is 9.47 Å². The van der Waals surface area contributed by atoms with E-state index in [1.54, 1.807) is 14.0 Å². The van der Waals surface area contributed by atoms with Gasteiger partial charge in [-0.2, -0.15) is 0 Å². The van der Waals surface area contributed by atoms with Crippen LogP contribution in [-0.4, -0.2) is 46.8 Å². The van der Waals surface area contributed by atoms with Crippen LogP contribution in [0.1, 0.15) is 45.4 Å². The van der Waals surface area contributed by atoms with Crippen molar-refractivity contribution in [2.45, 2.75) is 56.8 Å². The summed E-state index contributed by atoms with van der Waals surface area (Å²) in [6, 6.07) is 0. The molecule has 0 bridgehead atoms. The summed E-state index contributed by atoms with van der Waals surface area (Å²) in [5.41, 5.74) is 0.0744. The molecule has 0 unspecified atom stereocenters. The molecule has 2 atom stereocenters. The lowest BCUT2D eigenvalue weighted by Gasteiger charge is -2.42. The number of carbonyl (C=O) groups is 1. The van der Waals surface area contributed by atoms with Crippen LogP contribution in [0.25, 0.3) is 0 Å². The molecule has 2 heterocycles. The van der Waals surface area contributed by atoms with Gasteiger partial charge >= 0.3 is 6.09 Å². The van der Waals surface area contributed by atoms with Gasteiger partial charge in [-0.15, -0.1) is 0 Å². The second-order valence-corrected chi connectivity index (χ2v) is 7.69. The van der Waals surface area contributed by atoms with Crippen molar-refractivity contribution in [1.29, 1.82) is 0 Å². The number of hydrogen-bond acceptors (Lipinski definition) is 5. The number of nitrogens with zero attached hydrogens (tertiary/aromatic N) is 2. The predicted octanol–water partition coefficient (Wildman–Crippen LogP) is 3.29. The molecule has 1 spiro atoms. The van der Waals surface area contributed by atoms with Crippen LogP contribution in [0.4, 0.5) is 4.79 Å². The average molecular weight is 358 g/mol.